The van der Waals surface area contributed by atoms with Crippen LogP contribution in [0.25, 0.3) is 0 Å². The zero-order valence-electron chi connectivity index (χ0n) is 16.6. The fraction of sp³-hybridized carbons (Fsp3) is 0.900. The molecule has 1 saturated carbocycles. The van der Waals surface area contributed by atoms with E-state index in [2.05, 4.69) is 0 Å². The van der Waals surface area contributed by atoms with Gasteiger partial charge < -0.3 is 0 Å². The van der Waals surface area contributed by atoms with Gasteiger partial charge in [0.15, 0.2) is 0 Å². The smallest absolute Gasteiger partial charge is 0.299 e. The molecule has 1 fully saturated rings. The minimum absolute atomic E-state index is 0.00272. The van der Waals surface area contributed by atoms with Crippen LogP contribution in [0.5, 0.6) is 0 Å². The van der Waals surface area contributed by atoms with E-state index in [9.17, 15) is 18.4 Å². The highest BCUT2D eigenvalue weighted by Gasteiger charge is 2.39. The zero-order valence-corrected chi connectivity index (χ0v) is 16.6. The van der Waals surface area contributed by atoms with Crippen LogP contribution < -0.4 is 0 Å². The monoisotopic (exact) mass is 348 g/mol. The van der Waals surface area contributed by atoms with E-state index >= 15 is 0 Å². The Kier molecular flexibility index (Phi) is 15.4. The Labute approximate surface area is 147 Å². The topological polar surface area (TPSA) is 34.1 Å². The van der Waals surface area contributed by atoms with Gasteiger partial charge in [-0.2, -0.15) is 8.78 Å². The van der Waals surface area contributed by atoms with Crippen LogP contribution in [0.3, 0.4) is 0 Å². The first-order valence-electron chi connectivity index (χ1n) is 9.86. The number of carbonyl (C=O) groups excluding carboxylic acids is 2. The molecule has 0 aliphatic heterocycles. The van der Waals surface area contributed by atoms with Crippen LogP contribution in [-0.4, -0.2) is 17.5 Å². The normalized spacial score (nSPS) is 19.9. The highest BCUT2D eigenvalue weighted by atomic mass is 19.3. The SMILES string of the molecule is CC.CC.CCCCC(F)(F)C(=O)CCC1CCC(=O)[C@@H]1CCC. The van der Waals surface area contributed by atoms with E-state index in [0.29, 0.717) is 25.7 Å². The minimum atomic E-state index is -3.18. The second-order valence-corrected chi connectivity index (χ2v) is 5.93. The number of hydrogen-bond donors (Lipinski definition) is 0. The van der Waals surface area contributed by atoms with E-state index in [0.717, 1.165) is 19.3 Å². The summed E-state index contributed by atoms with van der Waals surface area (Å²) in [6, 6.07) is 0. The molecule has 2 nitrogen and oxygen atoms in total. The molecule has 0 radical (unpaired) electrons. The molecule has 24 heavy (non-hydrogen) atoms. The first-order valence-corrected chi connectivity index (χ1v) is 9.86. The van der Waals surface area contributed by atoms with Gasteiger partial charge in [-0.25, -0.2) is 0 Å². The van der Waals surface area contributed by atoms with Gasteiger partial charge >= 0.3 is 5.92 Å². The lowest BCUT2D eigenvalue weighted by atomic mass is 9.86. The molecule has 0 bridgehead atoms. The Morgan fingerprint density at radius 1 is 1.08 bits per heavy atom. The highest BCUT2D eigenvalue weighted by Crippen LogP contribution is 2.36. The van der Waals surface area contributed by atoms with Crippen molar-refractivity contribution in [2.24, 2.45) is 11.8 Å². The Morgan fingerprint density at radius 2 is 1.67 bits per heavy atom. The molecule has 0 N–H and O–H groups in total. The van der Waals surface area contributed by atoms with Crippen molar-refractivity contribution in [2.45, 2.75) is 105 Å². The maximum Gasteiger partial charge on any atom is 0.305 e. The molecule has 2 atom stereocenters. The molecular weight excluding hydrogens is 310 g/mol. The fourth-order valence-electron chi connectivity index (χ4n) is 3.07. The second kappa shape index (κ2) is 14.5. The van der Waals surface area contributed by atoms with Crippen LogP contribution in [0.1, 0.15) is 99.3 Å². The standard InChI is InChI=1S/C16H26F2O2.2C2H6/c1-3-5-11-16(17,18)15(20)10-8-12-7-9-14(19)13(12)6-4-2;2*1-2/h12-13H,3-11H2,1-2H3;2*1-2H3/t12?,13-;;/m1../s1. The van der Waals surface area contributed by atoms with Gasteiger partial charge in [0.1, 0.15) is 5.78 Å². The number of unbranched alkanes of at least 4 members (excludes halogenated alkanes) is 1. The second-order valence-electron chi connectivity index (χ2n) is 5.93. The molecule has 0 heterocycles. The third kappa shape index (κ3) is 8.89. The number of Topliss-reactive ketones (excluding diaryl/α,β-unsaturated/α-hetero) is 2. The van der Waals surface area contributed by atoms with Gasteiger partial charge in [0.2, 0.25) is 5.78 Å². The largest absolute Gasteiger partial charge is 0.305 e. The van der Waals surface area contributed by atoms with Crippen molar-refractivity contribution >= 4 is 11.6 Å². The van der Waals surface area contributed by atoms with Gasteiger partial charge in [-0.1, -0.05) is 54.4 Å². The third-order valence-corrected chi connectivity index (χ3v) is 4.34. The van der Waals surface area contributed by atoms with Crippen molar-refractivity contribution in [3.63, 3.8) is 0 Å². The summed E-state index contributed by atoms with van der Waals surface area (Å²) >= 11 is 0. The summed E-state index contributed by atoms with van der Waals surface area (Å²) in [6.07, 6.45) is 4.11. The van der Waals surface area contributed by atoms with Crippen molar-refractivity contribution in [1.82, 2.24) is 0 Å². The number of ketones is 2. The van der Waals surface area contributed by atoms with Crippen molar-refractivity contribution in [1.29, 1.82) is 0 Å². The molecule has 1 unspecified atom stereocenters. The maximum atomic E-state index is 13.6. The van der Waals surface area contributed by atoms with E-state index in [1.54, 1.807) is 0 Å². The van der Waals surface area contributed by atoms with Crippen molar-refractivity contribution in [2.75, 3.05) is 0 Å². The zero-order chi connectivity index (χ0) is 19.2. The lowest BCUT2D eigenvalue weighted by Crippen LogP contribution is -2.29. The fourth-order valence-corrected chi connectivity index (χ4v) is 3.07. The summed E-state index contributed by atoms with van der Waals surface area (Å²) < 4.78 is 27.2. The molecule has 144 valence electrons. The van der Waals surface area contributed by atoms with Gasteiger partial charge in [-0.3, -0.25) is 9.59 Å². The quantitative estimate of drug-likeness (QED) is 0.470. The van der Waals surface area contributed by atoms with Crippen molar-refractivity contribution in [3.05, 3.63) is 0 Å². The number of hydrogen-bond acceptors (Lipinski definition) is 2. The van der Waals surface area contributed by atoms with E-state index in [-0.39, 0.29) is 30.5 Å². The van der Waals surface area contributed by atoms with Crippen molar-refractivity contribution < 1.29 is 18.4 Å². The molecule has 1 aliphatic rings. The van der Waals surface area contributed by atoms with Crippen LogP contribution in [0.4, 0.5) is 8.78 Å². The van der Waals surface area contributed by atoms with Gasteiger partial charge in [-0.15, -0.1) is 0 Å². The van der Waals surface area contributed by atoms with Gasteiger partial charge in [0.05, 0.1) is 0 Å². The van der Waals surface area contributed by atoms with Crippen LogP contribution in [0, 0.1) is 11.8 Å². The van der Waals surface area contributed by atoms with Crippen LogP contribution in [0.2, 0.25) is 0 Å². The first-order chi connectivity index (χ1) is 11.4. The summed E-state index contributed by atoms with van der Waals surface area (Å²) in [7, 11) is 0. The van der Waals surface area contributed by atoms with Crippen LogP contribution >= 0.6 is 0 Å². The number of alkyl halides is 2. The summed E-state index contributed by atoms with van der Waals surface area (Å²) in [5.41, 5.74) is 0. The highest BCUT2D eigenvalue weighted by molar-refractivity contribution is 5.86. The average Bonchev–Trinajstić information content (AvgIpc) is 2.95. The molecule has 0 aromatic rings. The predicted molar refractivity (Wildman–Crippen MR) is 97.5 cm³/mol. The Bertz CT molecular complexity index is 341. The lowest BCUT2D eigenvalue weighted by molar-refractivity contribution is -0.144. The van der Waals surface area contributed by atoms with Gasteiger partial charge in [-0.05, 0) is 31.6 Å². The number of rotatable bonds is 9. The molecule has 0 amide bonds. The Balaban J connectivity index is 0. The molecule has 1 rings (SSSR count). The van der Waals surface area contributed by atoms with Crippen LogP contribution in [-0.2, 0) is 9.59 Å². The minimum Gasteiger partial charge on any atom is -0.299 e. The first kappa shape index (κ1) is 25.4. The molecule has 0 aromatic carbocycles. The van der Waals surface area contributed by atoms with E-state index in [4.69, 9.17) is 0 Å². The van der Waals surface area contributed by atoms with Gasteiger partial charge in [0, 0.05) is 25.2 Å². The summed E-state index contributed by atoms with van der Waals surface area (Å²) in [5.74, 6) is -3.74. The van der Waals surface area contributed by atoms with Crippen molar-refractivity contribution in [3.8, 4) is 0 Å². The third-order valence-electron chi connectivity index (χ3n) is 4.34. The number of carbonyl (C=O) groups is 2. The lowest BCUT2D eigenvalue weighted by Gasteiger charge is -2.19. The Hall–Kier alpha value is -0.800. The summed E-state index contributed by atoms with van der Waals surface area (Å²) in [6.45, 7) is 11.9. The predicted octanol–water partition coefficient (Wildman–Crippen LogP) is 6.61. The molecule has 1 aliphatic carbocycles. The molecule has 0 aromatic heterocycles. The van der Waals surface area contributed by atoms with E-state index in [1.165, 1.54) is 0 Å². The van der Waals surface area contributed by atoms with Gasteiger partial charge in [0.25, 0.3) is 0 Å². The molecule has 0 saturated heterocycles. The summed E-state index contributed by atoms with van der Waals surface area (Å²) in [5, 5.41) is 0. The Morgan fingerprint density at radius 3 is 2.17 bits per heavy atom. The molecule has 4 heteroatoms. The number of halogens is 2. The molecule has 0 spiro atoms. The molecular formula is C20H38F2O2. The average molecular weight is 349 g/mol. The summed E-state index contributed by atoms with van der Waals surface area (Å²) in [4.78, 5) is 23.4. The maximum absolute atomic E-state index is 13.6. The van der Waals surface area contributed by atoms with E-state index in [1.807, 2.05) is 41.5 Å². The van der Waals surface area contributed by atoms with Crippen LogP contribution in [0.15, 0.2) is 0 Å². The van der Waals surface area contributed by atoms with E-state index < -0.39 is 11.7 Å².